The van der Waals surface area contributed by atoms with E-state index < -0.39 is 30.6 Å². The molecule has 0 spiro atoms. The van der Waals surface area contributed by atoms with Crippen LogP contribution in [0.4, 0.5) is 32.0 Å². The van der Waals surface area contributed by atoms with Crippen molar-refractivity contribution < 1.29 is 36.2 Å². The zero-order valence-electron chi connectivity index (χ0n) is 21.1. The van der Waals surface area contributed by atoms with Crippen LogP contribution in [0.5, 0.6) is 5.75 Å². The van der Waals surface area contributed by atoms with E-state index in [1.165, 1.54) is 23.1 Å². The topological polar surface area (TPSA) is 32.7 Å². The van der Waals surface area contributed by atoms with Gasteiger partial charge >= 0.3 is 12.5 Å². The Hall–Kier alpha value is -3.98. The molecular formula is C31H25F6NO2. The lowest BCUT2D eigenvalue weighted by atomic mass is 9.71. The first-order chi connectivity index (χ1) is 18.9. The average Bonchev–Trinajstić information content (AvgIpc) is 3.22. The highest BCUT2D eigenvalue weighted by molar-refractivity contribution is 5.70. The number of hydrogen-bond acceptors (Lipinski definition) is 3. The number of benzene rings is 4. The Morgan fingerprint density at radius 2 is 1.45 bits per heavy atom. The molecule has 0 amide bonds. The summed E-state index contributed by atoms with van der Waals surface area (Å²) in [5.41, 5.74) is 3.43. The second kappa shape index (κ2) is 10.5. The molecule has 0 aromatic heterocycles. The molecule has 4 aromatic rings. The van der Waals surface area contributed by atoms with Gasteiger partial charge in [0.05, 0.1) is 6.54 Å². The number of para-hydroxylation sites is 1. The van der Waals surface area contributed by atoms with Crippen LogP contribution in [0.3, 0.4) is 0 Å². The highest BCUT2D eigenvalue weighted by atomic mass is 19.4. The van der Waals surface area contributed by atoms with Gasteiger partial charge in [0.2, 0.25) is 0 Å². The van der Waals surface area contributed by atoms with Crippen LogP contribution < -0.4 is 9.64 Å². The summed E-state index contributed by atoms with van der Waals surface area (Å²) in [5, 5.41) is 9.95. The number of alkyl halides is 6. The lowest BCUT2D eigenvalue weighted by molar-refractivity contribution is -0.274. The van der Waals surface area contributed by atoms with Crippen molar-refractivity contribution in [1.29, 1.82) is 0 Å². The summed E-state index contributed by atoms with van der Waals surface area (Å²) in [6.45, 7) is -0.611. The number of aliphatic hydroxyl groups is 1. The summed E-state index contributed by atoms with van der Waals surface area (Å²) in [7, 11) is 0. The predicted molar refractivity (Wildman–Crippen MR) is 140 cm³/mol. The van der Waals surface area contributed by atoms with E-state index in [1.807, 2.05) is 60.7 Å². The minimum Gasteiger partial charge on any atom is -0.406 e. The number of β-amino-alcohol motifs (C(OH)–C–C–N with tert-alkyl or cyclic N) is 1. The number of halogens is 6. The smallest absolute Gasteiger partial charge is 0.406 e. The molecule has 0 fully saturated rings. The first-order valence-electron chi connectivity index (χ1n) is 12.5. The monoisotopic (exact) mass is 557 g/mol. The maximum absolute atomic E-state index is 13.4. The molecule has 1 aliphatic heterocycles. The van der Waals surface area contributed by atoms with E-state index >= 15 is 0 Å². The molecule has 0 bridgehead atoms. The van der Waals surface area contributed by atoms with Gasteiger partial charge in [0, 0.05) is 17.6 Å². The zero-order chi connectivity index (χ0) is 28.5. The summed E-state index contributed by atoms with van der Waals surface area (Å²) in [6.07, 6.45) is -12.1. The van der Waals surface area contributed by atoms with Crippen molar-refractivity contribution >= 4 is 5.69 Å². The number of anilines is 1. The van der Waals surface area contributed by atoms with Gasteiger partial charge in [-0.05, 0) is 52.4 Å². The average molecular weight is 558 g/mol. The van der Waals surface area contributed by atoms with Gasteiger partial charge in [-0.3, -0.25) is 0 Å². The van der Waals surface area contributed by atoms with Crippen LogP contribution in [0.2, 0.25) is 0 Å². The minimum absolute atomic E-state index is 0.0715. The number of hydrogen-bond donors (Lipinski definition) is 1. The molecule has 1 heterocycles. The second-order valence-electron chi connectivity index (χ2n) is 9.86. The molecule has 2 atom stereocenters. The molecule has 0 saturated carbocycles. The first kappa shape index (κ1) is 27.6. The minimum atomic E-state index is -4.87. The first-order valence-corrected chi connectivity index (χ1v) is 12.5. The number of rotatable bonds is 7. The number of fused-ring (bicyclic) bond motifs is 1. The van der Waals surface area contributed by atoms with Crippen molar-refractivity contribution in [3.8, 4) is 16.9 Å². The zero-order valence-corrected chi connectivity index (χ0v) is 21.1. The third kappa shape index (κ3) is 5.79. The van der Waals surface area contributed by atoms with Gasteiger partial charge in [-0.25, -0.2) is 0 Å². The van der Waals surface area contributed by atoms with Crippen LogP contribution in [0.1, 0.15) is 16.7 Å². The van der Waals surface area contributed by atoms with E-state index in [9.17, 15) is 31.4 Å². The summed E-state index contributed by atoms with van der Waals surface area (Å²) >= 11 is 0. The van der Waals surface area contributed by atoms with Crippen molar-refractivity contribution in [2.75, 3.05) is 18.0 Å². The van der Waals surface area contributed by atoms with Crippen molar-refractivity contribution in [3.63, 3.8) is 0 Å². The van der Waals surface area contributed by atoms with E-state index in [0.717, 1.165) is 22.3 Å². The largest absolute Gasteiger partial charge is 0.573 e. The molecule has 4 aromatic carbocycles. The molecule has 1 N–H and O–H groups in total. The number of nitrogens with zero attached hydrogens (tertiary/aromatic N) is 1. The lowest BCUT2D eigenvalue weighted by Gasteiger charge is -2.33. The van der Waals surface area contributed by atoms with Gasteiger partial charge in [0.1, 0.15) is 5.75 Å². The molecule has 1 unspecified atom stereocenters. The maximum Gasteiger partial charge on any atom is 0.573 e. The molecule has 0 aliphatic carbocycles. The Labute approximate surface area is 227 Å². The Bertz CT molecular complexity index is 1470. The molecule has 1 aliphatic rings. The van der Waals surface area contributed by atoms with Crippen LogP contribution in [0.25, 0.3) is 11.1 Å². The standard InChI is InChI=1S/C31H25F6NO2/c32-30(33,34)28(39)19-38-20-29(26-14-4-5-15-27(26)38,18-21-8-6-13-25(16-21)40-31(35,36)37)24-12-7-11-23(17-24)22-9-2-1-3-10-22/h1-17,28,39H,18-20H2/t28-,29?/m1/s1. The van der Waals surface area contributed by atoms with Crippen LogP contribution >= 0.6 is 0 Å². The molecule has 0 radical (unpaired) electrons. The van der Waals surface area contributed by atoms with E-state index in [0.29, 0.717) is 11.3 Å². The van der Waals surface area contributed by atoms with Crippen molar-refractivity contribution in [3.05, 3.63) is 120 Å². The van der Waals surface area contributed by atoms with Crippen molar-refractivity contribution in [2.45, 2.75) is 30.5 Å². The van der Waals surface area contributed by atoms with Crippen LogP contribution in [-0.2, 0) is 11.8 Å². The molecule has 208 valence electrons. The molecule has 0 saturated heterocycles. The quantitative estimate of drug-likeness (QED) is 0.239. The fourth-order valence-electron chi connectivity index (χ4n) is 5.45. The van der Waals surface area contributed by atoms with Gasteiger partial charge in [-0.2, -0.15) is 13.2 Å². The van der Waals surface area contributed by atoms with Gasteiger partial charge < -0.3 is 14.7 Å². The third-order valence-corrected chi connectivity index (χ3v) is 7.15. The molecular weight excluding hydrogens is 532 g/mol. The lowest BCUT2D eigenvalue weighted by Crippen LogP contribution is -2.44. The molecule has 9 heteroatoms. The highest BCUT2D eigenvalue weighted by Gasteiger charge is 2.47. The van der Waals surface area contributed by atoms with Gasteiger partial charge in [0.25, 0.3) is 0 Å². The maximum atomic E-state index is 13.4. The van der Waals surface area contributed by atoms with E-state index in [2.05, 4.69) is 4.74 Å². The molecule has 40 heavy (non-hydrogen) atoms. The van der Waals surface area contributed by atoms with Crippen LogP contribution in [0.15, 0.2) is 103 Å². The summed E-state index contributed by atoms with van der Waals surface area (Å²) in [6, 6.07) is 29.8. The number of ether oxygens (including phenoxy) is 1. The highest BCUT2D eigenvalue weighted by Crippen LogP contribution is 2.48. The van der Waals surface area contributed by atoms with Crippen LogP contribution in [0, 0.1) is 0 Å². The van der Waals surface area contributed by atoms with E-state index in [4.69, 9.17) is 0 Å². The molecule has 3 nitrogen and oxygen atoms in total. The SMILES string of the molecule is O[C@H](CN1CC(Cc2cccc(OC(F)(F)F)c2)(c2cccc(-c3ccccc3)c2)c2ccccc21)C(F)(F)F. The predicted octanol–water partition coefficient (Wildman–Crippen LogP) is 7.52. The van der Waals surface area contributed by atoms with Gasteiger partial charge in [-0.15, -0.1) is 13.2 Å². The molecule has 5 rings (SSSR count). The Morgan fingerprint density at radius 3 is 2.17 bits per heavy atom. The van der Waals surface area contributed by atoms with E-state index in [-0.39, 0.29) is 18.7 Å². The summed E-state index contributed by atoms with van der Waals surface area (Å²) in [4.78, 5) is 1.50. The van der Waals surface area contributed by atoms with Crippen molar-refractivity contribution in [2.24, 2.45) is 0 Å². The Morgan fingerprint density at radius 1 is 0.775 bits per heavy atom. The fourth-order valence-corrected chi connectivity index (χ4v) is 5.45. The summed E-state index contributed by atoms with van der Waals surface area (Å²) in [5.74, 6) is -0.381. The summed E-state index contributed by atoms with van der Waals surface area (Å²) < 4.78 is 83.1. The number of aliphatic hydroxyl groups excluding tert-OH is 1. The van der Waals surface area contributed by atoms with Gasteiger partial charge in [-0.1, -0.05) is 84.9 Å². The third-order valence-electron chi connectivity index (χ3n) is 7.15. The Balaban J connectivity index is 1.64. The van der Waals surface area contributed by atoms with Crippen LogP contribution in [-0.4, -0.2) is 36.8 Å². The van der Waals surface area contributed by atoms with Gasteiger partial charge in [0.15, 0.2) is 6.10 Å². The second-order valence-corrected chi connectivity index (χ2v) is 9.86. The fraction of sp³-hybridized carbons (Fsp3) is 0.226. The normalized spacial score (nSPS) is 17.9. The Kier molecular flexibility index (Phi) is 7.27. The van der Waals surface area contributed by atoms with E-state index in [1.54, 1.807) is 24.3 Å². The van der Waals surface area contributed by atoms with Crippen molar-refractivity contribution in [1.82, 2.24) is 0 Å².